The molecule has 0 bridgehead atoms. The quantitative estimate of drug-likeness (QED) is 0.300. The summed E-state index contributed by atoms with van der Waals surface area (Å²) in [6, 6.07) is 7.97. The predicted octanol–water partition coefficient (Wildman–Crippen LogP) is 3.98. The molecule has 0 saturated carbocycles. The molecule has 0 amide bonds. The number of benzene rings is 2. The van der Waals surface area contributed by atoms with Gasteiger partial charge in [-0.2, -0.15) is 0 Å². The zero-order chi connectivity index (χ0) is 27.1. The van der Waals surface area contributed by atoms with Gasteiger partial charge in [0.05, 0.1) is 32.9 Å². The Labute approximate surface area is 237 Å². The molecular formula is C26H20Br2N2O7S. The van der Waals surface area contributed by atoms with Crippen LogP contribution in [0.2, 0.25) is 0 Å². The van der Waals surface area contributed by atoms with Crippen LogP contribution in [0.3, 0.4) is 0 Å². The van der Waals surface area contributed by atoms with Crippen molar-refractivity contribution in [2.45, 2.75) is 26.8 Å². The molecule has 0 radical (unpaired) electrons. The van der Waals surface area contributed by atoms with Crippen molar-refractivity contribution in [2.24, 2.45) is 4.99 Å². The van der Waals surface area contributed by atoms with Crippen LogP contribution in [-0.2, 0) is 14.3 Å². The normalized spacial score (nSPS) is 16.2. The molecule has 2 aromatic carbocycles. The van der Waals surface area contributed by atoms with Gasteiger partial charge in [-0.05, 0) is 65.7 Å². The second-order valence-electron chi connectivity index (χ2n) is 8.31. The molecule has 3 heterocycles. The highest BCUT2D eigenvalue weighted by Crippen LogP contribution is 2.38. The molecule has 3 aromatic rings. The number of rotatable bonds is 5. The van der Waals surface area contributed by atoms with E-state index in [1.54, 1.807) is 50.3 Å². The molecule has 38 heavy (non-hydrogen) atoms. The summed E-state index contributed by atoms with van der Waals surface area (Å²) in [4.78, 5) is 43.7. The summed E-state index contributed by atoms with van der Waals surface area (Å²) in [6.45, 7) is 5.00. The molecule has 2 aliphatic rings. The number of hydrogen-bond acceptors (Lipinski definition) is 9. The summed E-state index contributed by atoms with van der Waals surface area (Å²) in [7, 11) is 0. The van der Waals surface area contributed by atoms with Crippen molar-refractivity contribution in [1.82, 2.24) is 4.57 Å². The third kappa shape index (κ3) is 4.83. The van der Waals surface area contributed by atoms with Crippen LogP contribution in [0.15, 0.2) is 60.3 Å². The molecule has 0 N–H and O–H groups in total. The number of hydrogen-bond donors (Lipinski definition) is 0. The molecule has 2 aliphatic heterocycles. The van der Waals surface area contributed by atoms with E-state index in [-0.39, 0.29) is 30.3 Å². The number of esters is 2. The second-order valence-corrected chi connectivity index (χ2v) is 11.1. The maximum atomic E-state index is 13.9. The molecule has 0 aliphatic carbocycles. The molecule has 1 atom stereocenters. The fourth-order valence-electron chi connectivity index (χ4n) is 4.27. The van der Waals surface area contributed by atoms with Crippen LogP contribution in [0.25, 0.3) is 6.08 Å². The third-order valence-corrected chi connectivity index (χ3v) is 7.83. The van der Waals surface area contributed by atoms with Crippen LogP contribution in [-0.4, -0.2) is 29.9 Å². The van der Waals surface area contributed by atoms with Crippen molar-refractivity contribution in [3.05, 3.63) is 81.4 Å². The minimum absolute atomic E-state index is 0.0913. The Morgan fingerprint density at radius 1 is 1.21 bits per heavy atom. The van der Waals surface area contributed by atoms with Gasteiger partial charge < -0.3 is 18.9 Å². The van der Waals surface area contributed by atoms with E-state index in [2.05, 4.69) is 36.9 Å². The molecule has 0 spiro atoms. The van der Waals surface area contributed by atoms with E-state index in [0.717, 1.165) is 4.47 Å². The van der Waals surface area contributed by atoms with Crippen LogP contribution in [0.4, 0.5) is 0 Å². The summed E-state index contributed by atoms with van der Waals surface area (Å²) < 4.78 is 24.8. The van der Waals surface area contributed by atoms with Crippen LogP contribution in [0.1, 0.15) is 37.9 Å². The Balaban J connectivity index is 1.74. The standard InChI is InChI=1S/C26H20Br2N2O7S/c1-4-34-25(33)21-12(2)29-26-30(22(21)14-5-6-18-19(8-14)36-11-35-18)24(32)20(38-26)9-15-7-16(27)10-17(28)23(15)37-13(3)31/h5-10,22H,4,11H2,1-3H3/b20-9-/t22-/m0/s1. The van der Waals surface area contributed by atoms with Gasteiger partial charge in [0.1, 0.15) is 0 Å². The second kappa shape index (κ2) is 10.5. The number of fused-ring (bicyclic) bond motifs is 2. The molecule has 0 unspecified atom stereocenters. The van der Waals surface area contributed by atoms with E-state index in [0.29, 0.717) is 42.1 Å². The van der Waals surface area contributed by atoms with E-state index >= 15 is 0 Å². The lowest BCUT2D eigenvalue weighted by molar-refractivity contribution is -0.139. The lowest BCUT2D eigenvalue weighted by atomic mass is 9.95. The molecular weight excluding hydrogens is 644 g/mol. The summed E-state index contributed by atoms with van der Waals surface area (Å²) in [6.07, 6.45) is 1.64. The van der Waals surface area contributed by atoms with Gasteiger partial charge in [0, 0.05) is 17.0 Å². The van der Waals surface area contributed by atoms with Crippen molar-refractivity contribution in [2.75, 3.05) is 13.4 Å². The van der Waals surface area contributed by atoms with Gasteiger partial charge in [0.25, 0.3) is 5.56 Å². The Morgan fingerprint density at radius 2 is 1.97 bits per heavy atom. The van der Waals surface area contributed by atoms with Gasteiger partial charge in [-0.25, -0.2) is 9.79 Å². The van der Waals surface area contributed by atoms with Gasteiger partial charge in [-0.3, -0.25) is 14.2 Å². The number of thiazole rings is 1. The van der Waals surface area contributed by atoms with Crippen molar-refractivity contribution >= 4 is 61.2 Å². The van der Waals surface area contributed by atoms with Crippen LogP contribution >= 0.6 is 43.2 Å². The molecule has 196 valence electrons. The van der Waals surface area contributed by atoms with Crippen molar-refractivity contribution < 1.29 is 28.5 Å². The number of ether oxygens (including phenoxy) is 4. The zero-order valence-corrected chi connectivity index (χ0v) is 24.4. The Kier molecular flexibility index (Phi) is 7.30. The molecule has 1 aromatic heterocycles. The molecule has 0 fully saturated rings. The van der Waals surface area contributed by atoms with Crippen molar-refractivity contribution in [1.29, 1.82) is 0 Å². The molecule has 9 nitrogen and oxygen atoms in total. The van der Waals surface area contributed by atoms with E-state index in [1.165, 1.54) is 22.8 Å². The molecule has 0 saturated heterocycles. The average Bonchev–Trinajstić information content (AvgIpc) is 3.44. The topological polar surface area (TPSA) is 105 Å². The highest BCUT2D eigenvalue weighted by molar-refractivity contribution is 9.11. The summed E-state index contributed by atoms with van der Waals surface area (Å²) in [5.74, 6) is 0.327. The predicted molar refractivity (Wildman–Crippen MR) is 146 cm³/mol. The molecule has 5 rings (SSSR count). The van der Waals surface area contributed by atoms with Gasteiger partial charge in [0.2, 0.25) is 6.79 Å². The number of aromatic nitrogens is 1. The number of allylic oxidation sites excluding steroid dienone is 1. The first-order valence-electron chi connectivity index (χ1n) is 11.4. The Bertz CT molecular complexity index is 1710. The summed E-state index contributed by atoms with van der Waals surface area (Å²) in [5.41, 5.74) is 1.49. The lowest BCUT2D eigenvalue weighted by Gasteiger charge is -2.24. The van der Waals surface area contributed by atoms with E-state index < -0.39 is 18.0 Å². The van der Waals surface area contributed by atoms with Crippen LogP contribution < -0.4 is 29.1 Å². The summed E-state index contributed by atoms with van der Waals surface area (Å²) >= 11 is 8.03. The first kappa shape index (κ1) is 26.4. The molecule has 12 heteroatoms. The monoisotopic (exact) mass is 662 g/mol. The van der Waals surface area contributed by atoms with Crippen LogP contribution in [0, 0.1) is 0 Å². The Hall–Kier alpha value is -3.22. The van der Waals surface area contributed by atoms with E-state index in [9.17, 15) is 14.4 Å². The third-order valence-electron chi connectivity index (χ3n) is 5.80. The van der Waals surface area contributed by atoms with E-state index in [4.69, 9.17) is 18.9 Å². The van der Waals surface area contributed by atoms with Gasteiger partial charge in [0.15, 0.2) is 22.0 Å². The van der Waals surface area contributed by atoms with Crippen molar-refractivity contribution in [3.63, 3.8) is 0 Å². The Morgan fingerprint density at radius 3 is 2.71 bits per heavy atom. The van der Waals surface area contributed by atoms with Crippen molar-refractivity contribution in [3.8, 4) is 17.2 Å². The SMILES string of the molecule is CCOC(=O)C1=C(C)N=c2s/c(=C\c3cc(Br)cc(Br)c3OC(C)=O)c(=O)n2[C@H]1c1ccc2c(c1)OCO2. The first-order chi connectivity index (χ1) is 18.2. The summed E-state index contributed by atoms with van der Waals surface area (Å²) in [5, 5.41) is 0. The zero-order valence-electron chi connectivity index (χ0n) is 20.4. The smallest absolute Gasteiger partial charge is 0.338 e. The number of nitrogens with zero attached hydrogens (tertiary/aromatic N) is 2. The van der Waals surface area contributed by atoms with Crippen LogP contribution in [0.5, 0.6) is 17.2 Å². The number of carbonyl (C=O) groups excluding carboxylic acids is 2. The maximum Gasteiger partial charge on any atom is 0.338 e. The number of halogens is 2. The minimum atomic E-state index is -0.802. The van der Waals surface area contributed by atoms with E-state index in [1.807, 2.05) is 0 Å². The highest BCUT2D eigenvalue weighted by Gasteiger charge is 2.34. The fraction of sp³-hybridized carbons (Fsp3) is 0.231. The largest absolute Gasteiger partial charge is 0.463 e. The van der Waals surface area contributed by atoms with Gasteiger partial charge >= 0.3 is 11.9 Å². The average molecular weight is 664 g/mol. The number of carbonyl (C=O) groups is 2. The highest BCUT2D eigenvalue weighted by atomic mass is 79.9. The minimum Gasteiger partial charge on any atom is -0.463 e. The fourth-order valence-corrected chi connectivity index (χ4v) is 6.65. The lowest BCUT2D eigenvalue weighted by Crippen LogP contribution is -2.39. The maximum absolute atomic E-state index is 13.9. The first-order valence-corrected chi connectivity index (χ1v) is 13.8. The van der Waals surface area contributed by atoms with Gasteiger partial charge in [-0.1, -0.05) is 33.3 Å². The van der Waals surface area contributed by atoms with Gasteiger partial charge in [-0.15, -0.1) is 0 Å².